The Labute approximate surface area is 142 Å². The number of rotatable bonds is 4. The number of hydrogen-bond acceptors (Lipinski definition) is 3. The number of ether oxygens (including phenoxy) is 1. The maximum atomic E-state index is 12.8. The normalized spacial score (nSPS) is 22.8. The first-order valence-corrected chi connectivity index (χ1v) is 8.61. The molecule has 0 radical (unpaired) electrons. The summed E-state index contributed by atoms with van der Waals surface area (Å²) >= 11 is 0. The lowest BCUT2D eigenvalue weighted by molar-refractivity contribution is -0.126. The molecule has 1 amide bonds. The minimum Gasteiger partial charge on any atom is -0.491 e. The van der Waals surface area contributed by atoms with E-state index < -0.39 is 0 Å². The molecule has 0 unspecified atom stereocenters. The summed E-state index contributed by atoms with van der Waals surface area (Å²) in [5.74, 6) is 1.00. The van der Waals surface area contributed by atoms with E-state index in [1.807, 2.05) is 42.5 Å². The highest BCUT2D eigenvalue weighted by molar-refractivity contribution is 5.82. The number of amides is 1. The lowest BCUT2D eigenvalue weighted by Gasteiger charge is -2.25. The van der Waals surface area contributed by atoms with Crippen LogP contribution in [0.15, 0.2) is 54.6 Å². The molecule has 1 fully saturated rings. The van der Waals surface area contributed by atoms with Crippen molar-refractivity contribution in [1.82, 2.24) is 10.2 Å². The molecule has 2 aliphatic rings. The van der Waals surface area contributed by atoms with E-state index in [1.165, 1.54) is 5.56 Å². The standard InChI is InChI=1S/C20H22N2O2/c23-20(21-17-14-24-19-11-5-4-9-16(17)19)18-10-6-12-22(18)13-15-7-2-1-3-8-15/h1-5,7-9,11,17-18H,6,10,12-14H2,(H,21,23)/t17-,18-/m1/s1. The minimum atomic E-state index is -0.0435. The van der Waals surface area contributed by atoms with Crippen molar-refractivity contribution in [3.63, 3.8) is 0 Å². The maximum Gasteiger partial charge on any atom is 0.237 e. The van der Waals surface area contributed by atoms with E-state index in [0.29, 0.717) is 6.61 Å². The third-order valence-electron chi connectivity index (χ3n) is 4.91. The fourth-order valence-electron chi connectivity index (χ4n) is 3.68. The second-order valence-electron chi connectivity index (χ2n) is 6.52. The molecule has 1 N–H and O–H groups in total. The Morgan fingerprint density at radius 3 is 2.79 bits per heavy atom. The quantitative estimate of drug-likeness (QED) is 0.941. The summed E-state index contributed by atoms with van der Waals surface area (Å²) in [6, 6.07) is 18.2. The molecule has 1 saturated heterocycles. The summed E-state index contributed by atoms with van der Waals surface area (Å²) in [5.41, 5.74) is 2.34. The number of hydrogen-bond donors (Lipinski definition) is 1. The van der Waals surface area contributed by atoms with Crippen LogP contribution in [0.5, 0.6) is 5.75 Å². The maximum absolute atomic E-state index is 12.8. The number of nitrogens with zero attached hydrogens (tertiary/aromatic N) is 1. The Hall–Kier alpha value is -2.33. The summed E-state index contributed by atoms with van der Waals surface area (Å²) in [6.07, 6.45) is 2.00. The Bertz CT molecular complexity index is 717. The average Bonchev–Trinajstić information content (AvgIpc) is 3.23. The highest BCUT2D eigenvalue weighted by Crippen LogP contribution is 2.32. The third-order valence-corrected chi connectivity index (χ3v) is 4.91. The van der Waals surface area contributed by atoms with Gasteiger partial charge in [0.2, 0.25) is 5.91 Å². The van der Waals surface area contributed by atoms with E-state index in [0.717, 1.165) is 37.2 Å². The van der Waals surface area contributed by atoms with Gasteiger partial charge < -0.3 is 10.1 Å². The van der Waals surface area contributed by atoms with Gasteiger partial charge in [-0.2, -0.15) is 0 Å². The molecule has 0 aliphatic carbocycles. The summed E-state index contributed by atoms with van der Waals surface area (Å²) in [7, 11) is 0. The molecule has 2 atom stereocenters. The van der Waals surface area contributed by atoms with E-state index >= 15 is 0 Å². The Balaban J connectivity index is 1.42. The lowest BCUT2D eigenvalue weighted by atomic mass is 10.1. The average molecular weight is 322 g/mol. The molecule has 2 aromatic rings. The second-order valence-corrected chi connectivity index (χ2v) is 6.52. The number of benzene rings is 2. The molecule has 2 aliphatic heterocycles. The highest BCUT2D eigenvalue weighted by Gasteiger charge is 2.33. The van der Waals surface area contributed by atoms with Gasteiger partial charge in [-0.1, -0.05) is 48.5 Å². The van der Waals surface area contributed by atoms with Crippen molar-refractivity contribution in [3.8, 4) is 5.75 Å². The zero-order valence-electron chi connectivity index (χ0n) is 13.7. The molecule has 4 heteroatoms. The fraction of sp³-hybridized carbons (Fsp3) is 0.350. The van der Waals surface area contributed by atoms with Gasteiger partial charge in [0.25, 0.3) is 0 Å². The first-order chi connectivity index (χ1) is 11.8. The number of fused-ring (bicyclic) bond motifs is 1. The van der Waals surface area contributed by atoms with Crippen LogP contribution in [0, 0.1) is 0 Å². The topological polar surface area (TPSA) is 41.6 Å². The van der Waals surface area contributed by atoms with Crippen LogP contribution in [-0.4, -0.2) is 30.0 Å². The van der Waals surface area contributed by atoms with Crippen molar-refractivity contribution in [3.05, 3.63) is 65.7 Å². The van der Waals surface area contributed by atoms with Crippen molar-refractivity contribution in [2.24, 2.45) is 0 Å². The predicted octanol–water partition coefficient (Wildman–Crippen LogP) is 2.90. The van der Waals surface area contributed by atoms with Crippen LogP contribution in [0.3, 0.4) is 0 Å². The van der Waals surface area contributed by atoms with Crippen molar-refractivity contribution in [2.45, 2.75) is 31.5 Å². The highest BCUT2D eigenvalue weighted by atomic mass is 16.5. The Morgan fingerprint density at radius 1 is 1.12 bits per heavy atom. The predicted molar refractivity (Wildman–Crippen MR) is 92.7 cm³/mol. The van der Waals surface area contributed by atoms with Crippen LogP contribution < -0.4 is 10.1 Å². The summed E-state index contributed by atoms with van der Waals surface area (Å²) in [6.45, 7) is 2.33. The van der Waals surface area contributed by atoms with Gasteiger partial charge in [-0.3, -0.25) is 9.69 Å². The van der Waals surface area contributed by atoms with Gasteiger partial charge in [-0.15, -0.1) is 0 Å². The number of carbonyl (C=O) groups is 1. The molecule has 2 aromatic carbocycles. The monoisotopic (exact) mass is 322 g/mol. The van der Waals surface area contributed by atoms with Crippen molar-refractivity contribution < 1.29 is 9.53 Å². The van der Waals surface area contributed by atoms with Crippen LogP contribution in [0.2, 0.25) is 0 Å². The molecule has 2 heterocycles. The molecule has 0 aromatic heterocycles. The number of nitrogens with one attached hydrogen (secondary N) is 1. The summed E-state index contributed by atoms with van der Waals surface area (Å²) in [4.78, 5) is 15.1. The van der Waals surface area contributed by atoms with E-state index in [4.69, 9.17) is 4.74 Å². The van der Waals surface area contributed by atoms with Crippen molar-refractivity contribution in [2.75, 3.05) is 13.2 Å². The zero-order chi connectivity index (χ0) is 16.4. The van der Waals surface area contributed by atoms with E-state index in [9.17, 15) is 4.79 Å². The molecule has 4 nitrogen and oxygen atoms in total. The van der Waals surface area contributed by atoms with Crippen LogP contribution in [-0.2, 0) is 11.3 Å². The molecular formula is C20H22N2O2. The Morgan fingerprint density at radius 2 is 1.92 bits per heavy atom. The van der Waals surface area contributed by atoms with Crippen LogP contribution in [0.25, 0.3) is 0 Å². The molecule has 124 valence electrons. The van der Waals surface area contributed by atoms with Gasteiger partial charge in [-0.25, -0.2) is 0 Å². The number of carbonyl (C=O) groups excluding carboxylic acids is 1. The van der Waals surface area contributed by atoms with Crippen LogP contribution in [0.4, 0.5) is 0 Å². The molecule has 24 heavy (non-hydrogen) atoms. The largest absolute Gasteiger partial charge is 0.491 e. The minimum absolute atomic E-state index is 0.0344. The third kappa shape index (κ3) is 3.02. The molecule has 0 bridgehead atoms. The summed E-state index contributed by atoms with van der Waals surface area (Å²) in [5, 5.41) is 3.19. The van der Waals surface area contributed by atoms with Gasteiger partial charge in [0, 0.05) is 12.1 Å². The van der Waals surface area contributed by atoms with Gasteiger partial charge >= 0.3 is 0 Å². The first-order valence-electron chi connectivity index (χ1n) is 8.61. The zero-order valence-corrected chi connectivity index (χ0v) is 13.7. The SMILES string of the molecule is O=C(N[C@@H]1COc2ccccc21)[C@H]1CCCN1Cc1ccccc1. The second kappa shape index (κ2) is 6.65. The Kier molecular flexibility index (Phi) is 4.22. The smallest absolute Gasteiger partial charge is 0.237 e. The number of likely N-dealkylation sites (tertiary alicyclic amines) is 1. The van der Waals surface area contributed by atoms with Crippen molar-refractivity contribution in [1.29, 1.82) is 0 Å². The van der Waals surface area contributed by atoms with Crippen molar-refractivity contribution >= 4 is 5.91 Å². The first kappa shape index (κ1) is 15.2. The van der Waals surface area contributed by atoms with Crippen LogP contribution in [0.1, 0.15) is 30.0 Å². The van der Waals surface area contributed by atoms with E-state index in [-0.39, 0.29) is 18.0 Å². The van der Waals surface area contributed by atoms with Gasteiger partial charge in [-0.05, 0) is 31.0 Å². The molecule has 4 rings (SSSR count). The molecule has 0 saturated carbocycles. The van der Waals surface area contributed by atoms with Gasteiger partial charge in [0.1, 0.15) is 12.4 Å². The van der Waals surface area contributed by atoms with E-state index in [1.54, 1.807) is 0 Å². The fourth-order valence-corrected chi connectivity index (χ4v) is 3.68. The molecule has 0 spiro atoms. The van der Waals surface area contributed by atoms with Gasteiger partial charge in [0.15, 0.2) is 0 Å². The van der Waals surface area contributed by atoms with Crippen LogP contribution >= 0.6 is 0 Å². The van der Waals surface area contributed by atoms with E-state index in [2.05, 4.69) is 22.3 Å². The van der Waals surface area contributed by atoms with Gasteiger partial charge in [0.05, 0.1) is 12.1 Å². The summed E-state index contributed by atoms with van der Waals surface area (Å²) < 4.78 is 5.67. The molecular weight excluding hydrogens is 300 g/mol. The number of para-hydroxylation sites is 1. The lowest BCUT2D eigenvalue weighted by Crippen LogP contribution is -2.44.